The van der Waals surface area contributed by atoms with Crippen molar-refractivity contribution in [2.75, 3.05) is 5.32 Å². The molecule has 0 fully saturated rings. The monoisotopic (exact) mass is 439 g/mol. The Bertz CT molecular complexity index is 1150. The number of hydrogen-bond donors (Lipinski definition) is 2. The lowest BCUT2D eigenvalue weighted by molar-refractivity contribution is 0.0698. The van der Waals surface area contributed by atoms with Crippen LogP contribution in [0.2, 0.25) is 0 Å². The van der Waals surface area contributed by atoms with Gasteiger partial charge in [-0.1, -0.05) is 6.07 Å². The van der Waals surface area contributed by atoms with E-state index in [9.17, 15) is 14.7 Å². The maximum atomic E-state index is 12.9. The summed E-state index contributed by atoms with van der Waals surface area (Å²) in [5, 5.41) is 25.4. The number of pyridine rings is 1. The van der Waals surface area contributed by atoms with E-state index in [0.29, 0.717) is 16.0 Å². The van der Waals surface area contributed by atoms with E-state index < -0.39 is 11.9 Å². The number of nitrogens with zero attached hydrogens (tertiary/aromatic N) is 4. The molecule has 1 aromatic carbocycles. The minimum absolute atomic E-state index is 0.123. The number of carbonyl (C=O) groups is 2. The molecule has 0 aliphatic carbocycles. The van der Waals surface area contributed by atoms with Crippen LogP contribution in [0.5, 0.6) is 0 Å². The summed E-state index contributed by atoms with van der Waals surface area (Å²) in [5.41, 5.74) is 1.61. The summed E-state index contributed by atoms with van der Waals surface area (Å²) in [6, 6.07) is 9.78. The summed E-state index contributed by atoms with van der Waals surface area (Å²) < 4.78 is 1.81. The van der Waals surface area contributed by atoms with E-state index in [1.807, 2.05) is 19.1 Å². The van der Waals surface area contributed by atoms with Crippen LogP contribution in [0.15, 0.2) is 41.1 Å². The maximum absolute atomic E-state index is 12.9. The van der Waals surface area contributed by atoms with Gasteiger partial charge in [-0.15, -0.1) is 0 Å². The number of rotatable bonds is 4. The molecule has 8 nitrogen and oxygen atoms in total. The predicted molar refractivity (Wildman–Crippen MR) is 105 cm³/mol. The Hall–Kier alpha value is -3.51. The Labute approximate surface area is 168 Å². The maximum Gasteiger partial charge on any atom is 0.337 e. The first-order valence-corrected chi connectivity index (χ1v) is 8.88. The third-order valence-corrected chi connectivity index (χ3v) is 4.42. The second-order valence-electron chi connectivity index (χ2n) is 5.99. The fourth-order valence-corrected chi connectivity index (χ4v) is 3.11. The first-order chi connectivity index (χ1) is 13.3. The normalized spacial score (nSPS) is 10.4. The molecule has 0 saturated carbocycles. The number of nitrogens with one attached hydrogen (secondary N) is 1. The Morgan fingerprint density at radius 1 is 1.25 bits per heavy atom. The molecule has 0 bridgehead atoms. The number of amides is 1. The van der Waals surface area contributed by atoms with Crippen LogP contribution < -0.4 is 5.32 Å². The number of hydrogen-bond acceptors (Lipinski definition) is 5. The van der Waals surface area contributed by atoms with Gasteiger partial charge in [-0.2, -0.15) is 10.4 Å². The standard InChI is InChI=1S/C19H14BrN5O3/c1-10-4-3-5-22-17(10)25-14(8-15(20)24-25)18(26)23-16-11(2)6-12(9-21)7-13(16)19(27)28/h3-8H,1-2H3,(H,23,26)(H,27,28). The lowest BCUT2D eigenvalue weighted by Gasteiger charge is -2.13. The number of halogens is 1. The summed E-state index contributed by atoms with van der Waals surface area (Å²) in [5.74, 6) is -1.32. The number of aryl methyl sites for hydroxylation is 2. The number of anilines is 1. The zero-order valence-electron chi connectivity index (χ0n) is 14.9. The molecule has 2 N–H and O–H groups in total. The van der Waals surface area contributed by atoms with Crippen molar-refractivity contribution in [1.29, 1.82) is 5.26 Å². The highest BCUT2D eigenvalue weighted by molar-refractivity contribution is 9.10. The summed E-state index contributed by atoms with van der Waals surface area (Å²) >= 11 is 3.26. The highest BCUT2D eigenvalue weighted by atomic mass is 79.9. The molecule has 2 heterocycles. The van der Waals surface area contributed by atoms with E-state index >= 15 is 0 Å². The van der Waals surface area contributed by atoms with Crippen LogP contribution in [0, 0.1) is 25.2 Å². The van der Waals surface area contributed by atoms with E-state index in [2.05, 4.69) is 31.3 Å². The number of carboxylic acids is 1. The largest absolute Gasteiger partial charge is 0.478 e. The van der Waals surface area contributed by atoms with Crippen LogP contribution in [0.25, 0.3) is 5.82 Å². The molecule has 3 aromatic rings. The van der Waals surface area contributed by atoms with E-state index in [1.54, 1.807) is 19.2 Å². The van der Waals surface area contributed by atoms with Crippen LogP contribution in [0.4, 0.5) is 5.69 Å². The predicted octanol–water partition coefficient (Wildman–Crippen LogP) is 3.47. The Morgan fingerprint density at radius 2 is 2.00 bits per heavy atom. The Balaban J connectivity index is 2.06. The zero-order valence-corrected chi connectivity index (χ0v) is 16.5. The molecule has 140 valence electrons. The average molecular weight is 440 g/mol. The van der Waals surface area contributed by atoms with Crippen LogP contribution in [-0.2, 0) is 0 Å². The van der Waals surface area contributed by atoms with Crippen molar-refractivity contribution in [2.45, 2.75) is 13.8 Å². The van der Waals surface area contributed by atoms with Gasteiger partial charge in [-0.25, -0.2) is 14.5 Å². The minimum Gasteiger partial charge on any atom is -0.478 e. The van der Waals surface area contributed by atoms with E-state index in [-0.39, 0.29) is 22.5 Å². The van der Waals surface area contributed by atoms with Gasteiger partial charge < -0.3 is 10.4 Å². The molecule has 3 rings (SSSR count). The molecular formula is C19H14BrN5O3. The van der Waals surface area contributed by atoms with Crippen molar-refractivity contribution in [3.8, 4) is 11.9 Å². The molecule has 0 spiro atoms. The number of nitriles is 1. The highest BCUT2D eigenvalue weighted by Crippen LogP contribution is 2.25. The second-order valence-corrected chi connectivity index (χ2v) is 6.81. The highest BCUT2D eigenvalue weighted by Gasteiger charge is 2.22. The Kier molecular flexibility index (Phi) is 5.24. The number of carbonyl (C=O) groups excluding carboxylic acids is 1. The number of carboxylic acid groups (broad SMARTS) is 1. The smallest absolute Gasteiger partial charge is 0.337 e. The van der Waals surface area contributed by atoms with Crippen molar-refractivity contribution in [2.24, 2.45) is 0 Å². The summed E-state index contributed by atoms with van der Waals surface area (Å²) in [6.07, 6.45) is 1.59. The SMILES string of the molecule is Cc1cccnc1-n1nc(Br)cc1C(=O)Nc1c(C)cc(C#N)cc1C(=O)O. The average Bonchev–Trinajstić information content (AvgIpc) is 3.04. The third-order valence-electron chi connectivity index (χ3n) is 4.03. The van der Waals surface area contributed by atoms with Crippen molar-refractivity contribution >= 4 is 33.5 Å². The van der Waals surface area contributed by atoms with Crippen molar-refractivity contribution in [3.63, 3.8) is 0 Å². The minimum atomic E-state index is -1.24. The lowest BCUT2D eigenvalue weighted by Crippen LogP contribution is -2.20. The molecule has 1 amide bonds. The van der Waals surface area contributed by atoms with Gasteiger partial charge in [-0.05, 0) is 59.1 Å². The molecule has 0 aliphatic rings. The van der Waals surface area contributed by atoms with Gasteiger partial charge in [0.1, 0.15) is 10.3 Å². The van der Waals surface area contributed by atoms with E-state index in [1.165, 1.54) is 22.9 Å². The molecule has 0 unspecified atom stereocenters. The molecule has 0 aliphatic heterocycles. The molecule has 9 heteroatoms. The summed E-state index contributed by atoms with van der Waals surface area (Å²) in [7, 11) is 0. The van der Waals surface area contributed by atoms with Crippen molar-refractivity contribution in [1.82, 2.24) is 14.8 Å². The van der Waals surface area contributed by atoms with Crippen LogP contribution >= 0.6 is 15.9 Å². The molecule has 28 heavy (non-hydrogen) atoms. The Morgan fingerprint density at radius 3 is 2.64 bits per heavy atom. The number of aromatic carboxylic acids is 1. The van der Waals surface area contributed by atoms with Gasteiger partial charge in [0.25, 0.3) is 5.91 Å². The zero-order chi connectivity index (χ0) is 20.4. The molecule has 0 radical (unpaired) electrons. The van der Waals surface area contributed by atoms with Gasteiger partial charge in [0, 0.05) is 12.3 Å². The first kappa shape index (κ1) is 19.3. The first-order valence-electron chi connectivity index (χ1n) is 8.08. The second kappa shape index (κ2) is 7.62. The molecular weight excluding hydrogens is 426 g/mol. The van der Waals surface area contributed by atoms with E-state index in [0.717, 1.165) is 5.56 Å². The third kappa shape index (κ3) is 3.63. The van der Waals surface area contributed by atoms with Crippen LogP contribution in [-0.4, -0.2) is 31.7 Å². The van der Waals surface area contributed by atoms with Gasteiger partial charge in [0.2, 0.25) is 0 Å². The quantitative estimate of drug-likeness (QED) is 0.641. The van der Waals surface area contributed by atoms with Crippen molar-refractivity contribution < 1.29 is 14.7 Å². The van der Waals surface area contributed by atoms with Gasteiger partial charge in [0.15, 0.2) is 5.82 Å². The number of benzene rings is 1. The molecule has 0 atom stereocenters. The topological polar surface area (TPSA) is 121 Å². The molecule has 0 saturated heterocycles. The van der Waals surface area contributed by atoms with Gasteiger partial charge in [-0.3, -0.25) is 4.79 Å². The fraction of sp³-hybridized carbons (Fsp3) is 0.105. The number of aromatic nitrogens is 3. The van der Waals surface area contributed by atoms with Gasteiger partial charge >= 0.3 is 5.97 Å². The molecule has 2 aromatic heterocycles. The summed E-state index contributed by atoms with van der Waals surface area (Å²) in [4.78, 5) is 28.8. The summed E-state index contributed by atoms with van der Waals surface area (Å²) in [6.45, 7) is 3.46. The van der Waals surface area contributed by atoms with Gasteiger partial charge in [0.05, 0.1) is 22.9 Å². The van der Waals surface area contributed by atoms with Crippen LogP contribution in [0.1, 0.15) is 37.5 Å². The fourth-order valence-electron chi connectivity index (χ4n) is 2.74. The van der Waals surface area contributed by atoms with E-state index in [4.69, 9.17) is 5.26 Å². The van der Waals surface area contributed by atoms with Crippen LogP contribution in [0.3, 0.4) is 0 Å². The van der Waals surface area contributed by atoms with Crippen molar-refractivity contribution in [3.05, 3.63) is 69.1 Å². The lowest BCUT2D eigenvalue weighted by atomic mass is 10.0.